The van der Waals surface area contributed by atoms with Crippen molar-refractivity contribution in [2.75, 3.05) is 24.5 Å². The van der Waals surface area contributed by atoms with E-state index in [1.54, 1.807) is 0 Å². The second-order valence-corrected chi connectivity index (χ2v) is 11.1. The number of fused-ring (bicyclic) bond motifs is 2. The number of para-hydroxylation sites is 1. The summed E-state index contributed by atoms with van der Waals surface area (Å²) in [5.74, 6) is 0.125. The summed E-state index contributed by atoms with van der Waals surface area (Å²) in [6, 6.07) is 23.8. The fraction of sp³-hybridized carbons (Fsp3) is 0.333. The van der Waals surface area contributed by atoms with Crippen LogP contribution in [0.25, 0.3) is 10.9 Å². The van der Waals surface area contributed by atoms with Gasteiger partial charge in [-0.2, -0.15) is 0 Å². The number of likely N-dealkylation sites (tertiary alicyclic amines) is 1. The Morgan fingerprint density at radius 3 is 2.52 bits per heavy atom. The Labute approximate surface area is 235 Å². The molecule has 3 heterocycles. The summed E-state index contributed by atoms with van der Waals surface area (Å²) in [6.07, 6.45) is 4.59. The van der Waals surface area contributed by atoms with Crippen LogP contribution in [0, 0.1) is 0 Å². The van der Waals surface area contributed by atoms with Crippen LogP contribution in [0.2, 0.25) is 0 Å². The summed E-state index contributed by atoms with van der Waals surface area (Å²) in [5.41, 5.74) is 12.3. The van der Waals surface area contributed by atoms with E-state index in [0.717, 1.165) is 52.5 Å². The zero-order chi connectivity index (χ0) is 27.6. The summed E-state index contributed by atoms with van der Waals surface area (Å²) in [6.45, 7) is 4.38. The number of hydrogen-bond acceptors (Lipinski definition) is 3. The highest BCUT2D eigenvalue weighted by molar-refractivity contribution is 6.02. The third kappa shape index (κ3) is 4.97. The minimum atomic E-state index is -0.717. The number of urea groups is 1. The average molecular weight is 536 g/mol. The lowest BCUT2D eigenvalue weighted by Crippen LogP contribution is -2.55. The molecule has 4 N–H and O–H groups in total. The molecule has 0 saturated carbocycles. The molecular formula is C33H37N5O2. The maximum Gasteiger partial charge on any atom is 0.318 e. The van der Waals surface area contributed by atoms with Crippen LogP contribution in [0.1, 0.15) is 53.9 Å². The van der Waals surface area contributed by atoms with Gasteiger partial charge >= 0.3 is 6.03 Å². The van der Waals surface area contributed by atoms with Gasteiger partial charge in [-0.05, 0) is 59.6 Å². The van der Waals surface area contributed by atoms with E-state index in [0.29, 0.717) is 32.1 Å². The van der Waals surface area contributed by atoms with Gasteiger partial charge < -0.3 is 25.8 Å². The first-order valence-corrected chi connectivity index (χ1v) is 14.3. The van der Waals surface area contributed by atoms with Gasteiger partial charge in [-0.15, -0.1) is 0 Å². The molecule has 2 atom stereocenters. The predicted molar refractivity (Wildman–Crippen MR) is 159 cm³/mol. The number of anilines is 1. The van der Waals surface area contributed by atoms with Gasteiger partial charge in [-0.1, -0.05) is 67.6 Å². The van der Waals surface area contributed by atoms with E-state index in [1.807, 2.05) is 59.3 Å². The quantitative estimate of drug-likeness (QED) is 0.314. The molecule has 4 aromatic rings. The number of rotatable bonds is 6. The van der Waals surface area contributed by atoms with Crippen molar-refractivity contribution in [1.82, 2.24) is 15.2 Å². The number of nitrogens with zero attached hydrogens (tertiary/aromatic N) is 2. The van der Waals surface area contributed by atoms with Gasteiger partial charge in [0.1, 0.15) is 6.04 Å². The van der Waals surface area contributed by atoms with Crippen molar-refractivity contribution in [3.8, 4) is 0 Å². The Hall–Kier alpha value is -4.10. The SMILES string of the molecule is C[C@@H](c1c[nH]c2ccccc12)[C@@H](NC(=O)N1CCC(c2ccccc2)CC1)C(=O)N1CCc2ccc(CN)cc21. The third-order valence-electron chi connectivity index (χ3n) is 8.76. The Kier molecular flexibility index (Phi) is 7.30. The summed E-state index contributed by atoms with van der Waals surface area (Å²) >= 11 is 0. The first-order chi connectivity index (χ1) is 19.5. The number of amides is 3. The molecule has 40 heavy (non-hydrogen) atoms. The van der Waals surface area contributed by atoms with Crippen LogP contribution in [0.4, 0.5) is 10.5 Å². The monoisotopic (exact) mass is 535 g/mol. The van der Waals surface area contributed by atoms with Crippen LogP contribution >= 0.6 is 0 Å². The fourth-order valence-electron chi connectivity index (χ4n) is 6.36. The van der Waals surface area contributed by atoms with E-state index < -0.39 is 6.04 Å². The van der Waals surface area contributed by atoms with E-state index in [-0.39, 0.29) is 17.9 Å². The van der Waals surface area contributed by atoms with Gasteiger partial charge in [0.15, 0.2) is 0 Å². The molecule has 0 spiro atoms. The summed E-state index contributed by atoms with van der Waals surface area (Å²) in [7, 11) is 0. The number of nitrogens with two attached hydrogens (primary N) is 1. The molecule has 206 valence electrons. The average Bonchev–Trinajstić information content (AvgIpc) is 3.64. The predicted octanol–water partition coefficient (Wildman–Crippen LogP) is 5.28. The minimum Gasteiger partial charge on any atom is -0.361 e. The number of aromatic amines is 1. The normalized spacial score (nSPS) is 17.1. The van der Waals surface area contributed by atoms with Crippen LogP contribution in [-0.4, -0.2) is 47.5 Å². The second kappa shape index (κ2) is 11.2. The number of benzene rings is 3. The van der Waals surface area contributed by atoms with Crippen molar-refractivity contribution < 1.29 is 9.59 Å². The van der Waals surface area contributed by atoms with Crippen molar-refractivity contribution in [3.05, 3.63) is 101 Å². The molecule has 1 saturated heterocycles. The number of nitrogens with one attached hydrogen (secondary N) is 2. The maximum absolute atomic E-state index is 14.3. The largest absolute Gasteiger partial charge is 0.361 e. The molecule has 1 fully saturated rings. The number of aromatic nitrogens is 1. The Morgan fingerprint density at radius 2 is 1.75 bits per heavy atom. The molecule has 0 unspecified atom stereocenters. The van der Waals surface area contributed by atoms with Crippen LogP contribution in [-0.2, 0) is 17.8 Å². The Bertz CT molecular complexity index is 1510. The van der Waals surface area contributed by atoms with Gasteiger partial charge in [0.2, 0.25) is 5.91 Å². The molecule has 1 aromatic heterocycles. The van der Waals surface area contributed by atoms with E-state index in [9.17, 15) is 9.59 Å². The standard InChI is InChI=1S/C33H37N5O2/c1-22(28-21-35-29-10-6-5-9-27(28)29)31(32(39)38-18-15-26-12-11-23(20-34)19-30(26)38)36-33(40)37-16-13-25(14-17-37)24-7-3-2-4-8-24/h2-12,19,21-22,25,31,35H,13-18,20,34H2,1H3,(H,36,40)/t22-,31+/m0/s1. The molecule has 3 amide bonds. The molecule has 0 radical (unpaired) electrons. The summed E-state index contributed by atoms with van der Waals surface area (Å²) < 4.78 is 0. The van der Waals surface area contributed by atoms with E-state index in [1.165, 1.54) is 5.56 Å². The number of hydrogen-bond donors (Lipinski definition) is 3. The lowest BCUT2D eigenvalue weighted by Gasteiger charge is -2.35. The molecule has 6 rings (SSSR count). The zero-order valence-electron chi connectivity index (χ0n) is 23.0. The molecule has 3 aromatic carbocycles. The zero-order valence-corrected chi connectivity index (χ0v) is 23.0. The van der Waals surface area contributed by atoms with E-state index in [2.05, 4.69) is 46.7 Å². The van der Waals surface area contributed by atoms with Crippen molar-refractivity contribution in [2.45, 2.75) is 50.6 Å². The number of carbonyl (C=O) groups is 2. The second-order valence-electron chi connectivity index (χ2n) is 11.1. The summed E-state index contributed by atoms with van der Waals surface area (Å²) in [5, 5.41) is 4.25. The molecule has 0 aliphatic carbocycles. The fourth-order valence-corrected chi connectivity index (χ4v) is 6.36. The molecule has 7 heteroatoms. The topological polar surface area (TPSA) is 94.5 Å². The van der Waals surface area contributed by atoms with Crippen LogP contribution in [0.15, 0.2) is 79.0 Å². The van der Waals surface area contributed by atoms with E-state index in [4.69, 9.17) is 5.73 Å². The van der Waals surface area contributed by atoms with Crippen LogP contribution in [0.3, 0.4) is 0 Å². The molecule has 0 bridgehead atoms. The van der Waals surface area contributed by atoms with Gasteiger partial charge in [0.25, 0.3) is 0 Å². The summed E-state index contributed by atoms with van der Waals surface area (Å²) in [4.78, 5) is 35.0. The van der Waals surface area contributed by atoms with Gasteiger partial charge in [0, 0.05) is 54.9 Å². The van der Waals surface area contributed by atoms with E-state index >= 15 is 0 Å². The lowest BCUT2D eigenvalue weighted by molar-refractivity contribution is -0.120. The third-order valence-corrected chi connectivity index (χ3v) is 8.76. The highest BCUT2D eigenvalue weighted by Crippen LogP contribution is 2.34. The maximum atomic E-state index is 14.3. The molecule has 2 aliphatic rings. The highest BCUT2D eigenvalue weighted by Gasteiger charge is 2.37. The minimum absolute atomic E-state index is 0.0850. The number of H-pyrrole nitrogens is 1. The highest BCUT2D eigenvalue weighted by atomic mass is 16.2. The van der Waals surface area contributed by atoms with Crippen molar-refractivity contribution in [3.63, 3.8) is 0 Å². The van der Waals surface area contributed by atoms with Crippen molar-refractivity contribution in [2.24, 2.45) is 5.73 Å². The Balaban J connectivity index is 1.25. The van der Waals surface area contributed by atoms with Crippen molar-refractivity contribution in [1.29, 1.82) is 0 Å². The molecular weight excluding hydrogens is 498 g/mol. The Morgan fingerprint density at radius 1 is 1.00 bits per heavy atom. The number of piperidine rings is 1. The number of carbonyl (C=O) groups excluding carboxylic acids is 2. The first kappa shape index (κ1) is 26.1. The van der Waals surface area contributed by atoms with Crippen LogP contribution < -0.4 is 16.0 Å². The van der Waals surface area contributed by atoms with Gasteiger partial charge in [-0.25, -0.2) is 4.79 Å². The van der Waals surface area contributed by atoms with Crippen LogP contribution in [0.5, 0.6) is 0 Å². The molecule has 7 nitrogen and oxygen atoms in total. The van der Waals surface area contributed by atoms with Crippen molar-refractivity contribution >= 4 is 28.5 Å². The first-order valence-electron chi connectivity index (χ1n) is 14.3. The lowest BCUT2D eigenvalue weighted by atomic mass is 9.89. The van der Waals surface area contributed by atoms with Gasteiger partial charge in [0.05, 0.1) is 0 Å². The smallest absolute Gasteiger partial charge is 0.318 e. The molecule has 2 aliphatic heterocycles. The van der Waals surface area contributed by atoms with Gasteiger partial charge in [-0.3, -0.25) is 4.79 Å².